The Labute approximate surface area is 113 Å². The molecule has 1 aliphatic heterocycles. The summed E-state index contributed by atoms with van der Waals surface area (Å²) in [5.41, 5.74) is 0.995. The van der Waals surface area contributed by atoms with E-state index in [1.165, 1.54) is 0 Å². The molecular formula is C13H20ClN3O. The second-order valence-corrected chi connectivity index (χ2v) is 5.59. The number of halogens is 1. The molecule has 0 radical (unpaired) electrons. The van der Waals surface area contributed by atoms with Crippen LogP contribution in [0, 0.1) is 0 Å². The Hall–Kier alpha value is -0.870. The largest absolute Gasteiger partial charge is 0.377 e. The molecule has 100 valence electrons. The molecule has 0 spiro atoms. The van der Waals surface area contributed by atoms with Gasteiger partial charge in [0.1, 0.15) is 17.3 Å². The highest BCUT2D eigenvalue weighted by atomic mass is 35.5. The zero-order valence-corrected chi connectivity index (χ0v) is 12.0. The van der Waals surface area contributed by atoms with Crippen molar-refractivity contribution >= 4 is 17.4 Å². The van der Waals surface area contributed by atoms with Gasteiger partial charge < -0.3 is 9.64 Å². The molecule has 1 saturated heterocycles. The van der Waals surface area contributed by atoms with E-state index in [4.69, 9.17) is 16.3 Å². The summed E-state index contributed by atoms with van der Waals surface area (Å²) < 4.78 is 5.55. The summed E-state index contributed by atoms with van der Waals surface area (Å²) in [5, 5.41) is 0.573. The van der Waals surface area contributed by atoms with E-state index in [0.717, 1.165) is 37.4 Å². The fourth-order valence-electron chi connectivity index (χ4n) is 2.33. The lowest BCUT2D eigenvalue weighted by molar-refractivity contribution is 0.0638. The van der Waals surface area contributed by atoms with Crippen LogP contribution in [0.15, 0.2) is 6.33 Å². The Bertz CT molecular complexity index is 423. The highest BCUT2D eigenvalue weighted by Crippen LogP contribution is 2.31. The molecule has 1 aromatic heterocycles. The van der Waals surface area contributed by atoms with E-state index in [1.807, 2.05) is 0 Å². The molecular weight excluding hydrogens is 250 g/mol. The van der Waals surface area contributed by atoms with Crippen molar-refractivity contribution < 1.29 is 4.74 Å². The minimum absolute atomic E-state index is 0.0571. The average Bonchev–Trinajstić information content (AvgIpc) is 2.32. The van der Waals surface area contributed by atoms with E-state index in [0.29, 0.717) is 11.8 Å². The summed E-state index contributed by atoms with van der Waals surface area (Å²) in [4.78, 5) is 10.8. The number of hydrogen-bond donors (Lipinski definition) is 0. The molecule has 0 bridgehead atoms. The van der Waals surface area contributed by atoms with Gasteiger partial charge in [-0.25, -0.2) is 9.97 Å². The zero-order valence-electron chi connectivity index (χ0n) is 11.2. The van der Waals surface area contributed by atoms with Crippen molar-refractivity contribution in [2.45, 2.75) is 39.2 Å². The first-order chi connectivity index (χ1) is 8.56. The van der Waals surface area contributed by atoms with Crippen molar-refractivity contribution in [1.82, 2.24) is 9.97 Å². The normalized spacial score (nSPS) is 19.0. The summed E-state index contributed by atoms with van der Waals surface area (Å²) in [7, 11) is 0. The van der Waals surface area contributed by atoms with E-state index in [1.54, 1.807) is 6.33 Å². The summed E-state index contributed by atoms with van der Waals surface area (Å²) in [6.07, 6.45) is 3.48. The number of morpholine rings is 1. The molecule has 1 fully saturated rings. The van der Waals surface area contributed by atoms with Crippen LogP contribution in [0.25, 0.3) is 0 Å². The molecule has 2 rings (SSSR count). The standard InChI is InChI=1S/C13H20ClN3O/c1-4-5-10-11(14)15-9-16-12(10)17-6-7-18-8-13(17,2)3/h9H,4-8H2,1-3H3. The van der Waals surface area contributed by atoms with Crippen molar-refractivity contribution in [2.24, 2.45) is 0 Å². The molecule has 1 aliphatic rings. The summed E-state index contributed by atoms with van der Waals surface area (Å²) in [6.45, 7) is 8.75. The predicted octanol–water partition coefficient (Wildman–Crippen LogP) is 2.70. The fraction of sp³-hybridized carbons (Fsp3) is 0.692. The lowest BCUT2D eigenvalue weighted by Crippen LogP contribution is -2.53. The van der Waals surface area contributed by atoms with E-state index < -0.39 is 0 Å². The van der Waals surface area contributed by atoms with Crippen molar-refractivity contribution in [3.8, 4) is 0 Å². The number of anilines is 1. The van der Waals surface area contributed by atoms with Gasteiger partial charge in [-0.15, -0.1) is 0 Å². The van der Waals surface area contributed by atoms with Crippen LogP contribution in [-0.2, 0) is 11.2 Å². The first-order valence-electron chi connectivity index (χ1n) is 6.41. The Morgan fingerprint density at radius 3 is 2.89 bits per heavy atom. The topological polar surface area (TPSA) is 38.2 Å². The maximum atomic E-state index is 6.21. The van der Waals surface area contributed by atoms with Crippen LogP contribution in [0.4, 0.5) is 5.82 Å². The van der Waals surface area contributed by atoms with Gasteiger partial charge in [-0.2, -0.15) is 0 Å². The molecule has 0 saturated carbocycles. The van der Waals surface area contributed by atoms with E-state index in [-0.39, 0.29) is 5.54 Å². The Morgan fingerprint density at radius 1 is 1.44 bits per heavy atom. The van der Waals surface area contributed by atoms with Gasteiger partial charge in [0.2, 0.25) is 0 Å². The smallest absolute Gasteiger partial charge is 0.137 e. The molecule has 2 heterocycles. The van der Waals surface area contributed by atoms with Gasteiger partial charge in [-0.3, -0.25) is 0 Å². The third-order valence-electron chi connectivity index (χ3n) is 3.27. The second-order valence-electron chi connectivity index (χ2n) is 5.23. The van der Waals surface area contributed by atoms with E-state index in [9.17, 15) is 0 Å². The van der Waals surface area contributed by atoms with Gasteiger partial charge >= 0.3 is 0 Å². The van der Waals surface area contributed by atoms with Crippen LogP contribution >= 0.6 is 11.6 Å². The van der Waals surface area contributed by atoms with E-state index in [2.05, 4.69) is 35.6 Å². The summed E-state index contributed by atoms with van der Waals surface area (Å²) in [6, 6.07) is 0. The third kappa shape index (κ3) is 2.59. The quantitative estimate of drug-likeness (QED) is 0.791. The summed E-state index contributed by atoms with van der Waals surface area (Å²) >= 11 is 6.21. The molecule has 1 aromatic rings. The van der Waals surface area contributed by atoms with Gasteiger partial charge in [-0.05, 0) is 20.3 Å². The maximum Gasteiger partial charge on any atom is 0.137 e. The van der Waals surface area contributed by atoms with Crippen molar-refractivity contribution in [3.63, 3.8) is 0 Å². The van der Waals surface area contributed by atoms with Gasteiger partial charge in [0.05, 0.1) is 18.8 Å². The van der Waals surface area contributed by atoms with Gasteiger partial charge in [0.15, 0.2) is 0 Å². The van der Waals surface area contributed by atoms with Gasteiger partial charge in [-0.1, -0.05) is 24.9 Å². The van der Waals surface area contributed by atoms with Crippen molar-refractivity contribution in [3.05, 3.63) is 17.0 Å². The number of ether oxygens (including phenoxy) is 1. The highest BCUT2D eigenvalue weighted by molar-refractivity contribution is 6.30. The van der Waals surface area contributed by atoms with E-state index >= 15 is 0 Å². The number of aromatic nitrogens is 2. The molecule has 0 unspecified atom stereocenters. The number of nitrogens with zero attached hydrogens (tertiary/aromatic N) is 3. The lowest BCUT2D eigenvalue weighted by atomic mass is 10.0. The lowest BCUT2D eigenvalue weighted by Gasteiger charge is -2.43. The average molecular weight is 270 g/mol. The summed E-state index contributed by atoms with van der Waals surface area (Å²) in [5.74, 6) is 0.963. The Morgan fingerprint density at radius 2 is 2.22 bits per heavy atom. The number of rotatable bonds is 3. The second kappa shape index (κ2) is 5.41. The molecule has 0 aliphatic carbocycles. The minimum Gasteiger partial charge on any atom is -0.377 e. The highest BCUT2D eigenvalue weighted by Gasteiger charge is 2.33. The predicted molar refractivity (Wildman–Crippen MR) is 73.3 cm³/mol. The Balaban J connectivity index is 2.40. The van der Waals surface area contributed by atoms with Crippen molar-refractivity contribution in [2.75, 3.05) is 24.7 Å². The van der Waals surface area contributed by atoms with Crippen LogP contribution in [0.1, 0.15) is 32.8 Å². The molecule has 5 heteroatoms. The molecule has 0 atom stereocenters. The molecule has 0 aromatic carbocycles. The van der Waals surface area contributed by atoms with Crippen LogP contribution in [0.3, 0.4) is 0 Å². The SMILES string of the molecule is CCCc1c(Cl)ncnc1N1CCOCC1(C)C. The Kier molecular flexibility index (Phi) is 4.07. The first kappa shape index (κ1) is 13.6. The van der Waals surface area contributed by atoms with Crippen LogP contribution in [0.2, 0.25) is 5.15 Å². The number of hydrogen-bond acceptors (Lipinski definition) is 4. The zero-order chi connectivity index (χ0) is 13.2. The van der Waals surface area contributed by atoms with Crippen molar-refractivity contribution in [1.29, 1.82) is 0 Å². The first-order valence-corrected chi connectivity index (χ1v) is 6.79. The molecule has 0 amide bonds. The fourth-order valence-corrected chi connectivity index (χ4v) is 2.55. The van der Waals surface area contributed by atoms with Gasteiger partial charge in [0, 0.05) is 12.1 Å². The maximum absolute atomic E-state index is 6.21. The minimum atomic E-state index is -0.0571. The van der Waals surface area contributed by atoms with Gasteiger partial charge in [0.25, 0.3) is 0 Å². The van der Waals surface area contributed by atoms with Crippen LogP contribution < -0.4 is 4.90 Å². The third-order valence-corrected chi connectivity index (χ3v) is 3.60. The molecule has 18 heavy (non-hydrogen) atoms. The monoisotopic (exact) mass is 269 g/mol. The van der Waals surface area contributed by atoms with Crippen LogP contribution in [0.5, 0.6) is 0 Å². The molecule has 4 nitrogen and oxygen atoms in total. The van der Waals surface area contributed by atoms with Crippen LogP contribution in [-0.4, -0.2) is 35.3 Å². The molecule has 0 N–H and O–H groups in total.